The molecule has 4 heterocycles. The van der Waals surface area contributed by atoms with Gasteiger partial charge in [0.05, 0.1) is 24.8 Å². The molecule has 0 saturated carbocycles. The molecule has 4 rings (SSSR count). The summed E-state index contributed by atoms with van der Waals surface area (Å²) in [4.78, 5) is 6.78. The van der Waals surface area contributed by atoms with Crippen molar-refractivity contribution in [1.82, 2.24) is 4.98 Å². The summed E-state index contributed by atoms with van der Waals surface area (Å²) in [5.74, 6) is 1.04. The quantitative estimate of drug-likeness (QED) is 0.464. The summed E-state index contributed by atoms with van der Waals surface area (Å²) < 4.78 is 5.48. The number of aromatic nitrogens is 4. The fourth-order valence-corrected chi connectivity index (χ4v) is 3.81. The molecule has 4 N–H and O–H groups in total. The summed E-state index contributed by atoms with van der Waals surface area (Å²) in [6.07, 6.45) is 11.0. The number of hydrogen-bond acceptors (Lipinski definition) is 4. The summed E-state index contributed by atoms with van der Waals surface area (Å²) in [7, 11) is 3.97. The molecule has 156 valence electrons. The van der Waals surface area contributed by atoms with Crippen LogP contribution >= 0.6 is 23.2 Å². The molecule has 0 radical (unpaired) electrons. The van der Waals surface area contributed by atoms with Crippen molar-refractivity contribution in [3.63, 3.8) is 0 Å². The fourth-order valence-electron chi connectivity index (χ4n) is 3.10. The van der Waals surface area contributed by atoms with Crippen LogP contribution in [0.3, 0.4) is 0 Å². The highest BCUT2D eigenvalue weighted by Crippen LogP contribution is 2.30. The van der Waals surface area contributed by atoms with E-state index in [0.717, 1.165) is 5.69 Å². The lowest BCUT2D eigenvalue weighted by atomic mass is 10.3. The predicted octanol–water partition coefficient (Wildman–Crippen LogP) is 2.45. The maximum Gasteiger partial charge on any atom is 0.358 e. The minimum Gasteiger partial charge on any atom is -0.399 e. The van der Waals surface area contributed by atoms with Crippen LogP contribution < -0.4 is 30.1 Å². The maximum absolute atomic E-state index is 6.85. The van der Waals surface area contributed by atoms with Gasteiger partial charge < -0.3 is 16.4 Å². The lowest BCUT2D eigenvalue weighted by Crippen LogP contribution is -2.40. The normalized spacial score (nSPS) is 10.8. The van der Waals surface area contributed by atoms with E-state index in [1.807, 2.05) is 48.1 Å². The summed E-state index contributed by atoms with van der Waals surface area (Å²) >= 11 is 13.7. The summed E-state index contributed by atoms with van der Waals surface area (Å²) in [5.41, 5.74) is 14.7. The van der Waals surface area contributed by atoms with Crippen LogP contribution in [0.5, 0.6) is 0 Å². The van der Waals surface area contributed by atoms with Gasteiger partial charge in [-0.05, 0) is 0 Å². The first-order chi connectivity index (χ1) is 14.8. The van der Waals surface area contributed by atoms with Crippen LogP contribution in [-0.4, -0.2) is 19.1 Å². The van der Waals surface area contributed by atoms with Crippen molar-refractivity contribution in [3.8, 4) is 17.3 Å². The zero-order chi connectivity index (χ0) is 22.1. The minimum atomic E-state index is 0.405. The van der Waals surface area contributed by atoms with Gasteiger partial charge in [0.25, 0.3) is 5.69 Å². The maximum atomic E-state index is 6.85. The molecular formula is C22H22Cl2N7+3. The highest BCUT2D eigenvalue weighted by molar-refractivity contribution is 6.38. The third-order valence-electron chi connectivity index (χ3n) is 4.81. The van der Waals surface area contributed by atoms with E-state index in [1.165, 1.54) is 0 Å². The van der Waals surface area contributed by atoms with E-state index >= 15 is 0 Å². The van der Waals surface area contributed by atoms with Gasteiger partial charge in [0, 0.05) is 72.5 Å². The fraction of sp³-hybridized carbons (Fsp3) is 0.0909. The Morgan fingerprint density at radius 1 is 0.677 bits per heavy atom. The molecular weight excluding hydrogens is 433 g/mol. The first-order valence-electron chi connectivity index (χ1n) is 9.47. The highest BCUT2D eigenvalue weighted by atomic mass is 35.5. The van der Waals surface area contributed by atoms with E-state index in [0.29, 0.717) is 38.7 Å². The third kappa shape index (κ3) is 4.10. The van der Waals surface area contributed by atoms with Crippen LogP contribution in [0.15, 0.2) is 73.6 Å². The predicted molar refractivity (Wildman–Crippen MR) is 122 cm³/mol. The Morgan fingerprint density at radius 2 is 1.06 bits per heavy atom. The van der Waals surface area contributed by atoms with Crippen LogP contribution in [0.4, 0.5) is 17.1 Å². The van der Waals surface area contributed by atoms with Gasteiger partial charge in [0.2, 0.25) is 10.0 Å². The van der Waals surface area contributed by atoms with Crippen molar-refractivity contribution in [2.24, 2.45) is 0 Å². The molecule has 0 aromatic carbocycles. The Morgan fingerprint density at radius 3 is 1.45 bits per heavy atom. The molecule has 0 unspecified atom stereocenters. The Labute approximate surface area is 190 Å². The van der Waals surface area contributed by atoms with Gasteiger partial charge >= 0.3 is 11.6 Å². The lowest BCUT2D eigenvalue weighted by Gasteiger charge is -2.11. The average molecular weight is 455 g/mol. The van der Waals surface area contributed by atoms with Crippen LogP contribution in [-0.2, 0) is 0 Å². The second-order valence-electron chi connectivity index (χ2n) is 7.17. The standard InChI is InChI=1S/C22H20Cl2N7/c1-28(2)17-7-13-29(14-8-17)20-18(23)21(30-9-3-15(25)4-10-30)27-22(19(20)24)31-11-5-16(26)6-12-31/h3-14,25-26H,1-2H3/q+1/p+2. The molecule has 0 aliphatic rings. The van der Waals surface area contributed by atoms with Gasteiger partial charge in [-0.3, -0.25) is 0 Å². The van der Waals surface area contributed by atoms with Gasteiger partial charge in [-0.25, -0.2) is 9.13 Å². The van der Waals surface area contributed by atoms with Gasteiger partial charge in [-0.2, -0.15) is 4.57 Å². The van der Waals surface area contributed by atoms with Crippen LogP contribution in [0.25, 0.3) is 17.3 Å². The first-order valence-corrected chi connectivity index (χ1v) is 10.2. The number of pyridine rings is 4. The smallest absolute Gasteiger partial charge is 0.358 e. The molecule has 4 aromatic rings. The number of nitrogens with zero attached hydrogens (tertiary/aromatic N) is 5. The van der Waals surface area contributed by atoms with E-state index in [2.05, 4.69) is 0 Å². The van der Waals surface area contributed by atoms with Crippen molar-refractivity contribution in [2.45, 2.75) is 0 Å². The average Bonchev–Trinajstić information content (AvgIpc) is 2.76. The lowest BCUT2D eigenvalue weighted by molar-refractivity contribution is -0.617. The van der Waals surface area contributed by atoms with E-state index in [4.69, 9.17) is 39.7 Å². The van der Waals surface area contributed by atoms with Crippen molar-refractivity contribution < 1.29 is 13.7 Å². The molecule has 7 nitrogen and oxygen atoms in total. The Bertz CT molecular complexity index is 1150. The molecule has 9 heteroatoms. The van der Waals surface area contributed by atoms with Gasteiger partial charge in [-0.15, -0.1) is 0 Å². The Hall–Kier alpha value is -3.42. The van der Waals surface area contributed by atoms with Gasteiger partial charge in [0.15, 0.2) is 12.4 Å². The van der Waals surface area contributed by atoms with Crippen molar-refractivity contribution in [3.05, 3.63) is 83.6 Å². The molecule has 0 bridgehead atoms. The molecule has 0 atom stereocenters. The van der Waals surface area contributed by atoms with E-state index in [9.17, 15) is 0 Å². The van der Waals surface area contributed by atoms with Gasteiger partial charge in [-0.1, -0.05) is 23.2 Å². The molecule has 31 heavy (non-hydrogen) atoms. The number of nitrogen functional groups attached to an aromatic ring is 2. The molecule has 0 aliphatic carbocycles. The van der Waals surface area contributed by atoms with Crippen LogP contribution in [0.1, 0.15) is 0 Å². The van der Waals surface area contributed by atoms with E-state index in [1.54, 1.807) is 58.2 Å². The van der Waals surface area contributed by atoms with Crippen molar-refractivity contribution in [2.75, 3.05) is 30.5 Å². The van der Waals surface area contributed by atoms with Crippen molar-refractivity contribution >= 4 is 40.3 Å². The highest BCUT2D eigenvalue weighted by Gasteiger charge is 2.34. The number of halogens is 2. The zero-order valence-corrected chi connectivity index (χ0v) is 18.6. The summed E-state index contributed by atoms with van der Waals surface area (Å²) in [6.45, 7) is 0. The molecule has 0 spiro atoms. The van der Waals surface area contributed by atoms with Crippen molar-refractivity contribution in [1.29, 1.82) is 0 Å². The van der Waals surface area contributed by atoms with Crippen LogP contribution in [0.2, 0.25) is 10.0 Å². The van der Waals surface area contributed by atoms with Gasteiger partial charge in [0.1, 0.15) is 0 Å². The Kier molecular flexibility index (Phi) is 5.63. The monoisotopic (exact) mass is 454 g/mol. The first kappa shape index (κ1) is 20.8. The molecule has 0 aliphatic heterocycles. The second kappa shape index (κ2) is 8.37. The van der Waals surface area contributed by atoms with Crippen LogP contribution in [0, 0.1) is 0 Å². The third-order valence-corrected chi connectivity index (χ3v) is 5.50. The molecule has 4 aromatic heterocycles. The van der Waals surface area contributed by atoms with E-state index in [-0.39, 0.29) is 0 Å². The van der Waals surface area contributed by atoms with E-state index < -0.39 is 0 Å². The number of anilines is 3. The summed E-state index contributed by atoms with van der Waals surface area (Å²) in [5, 5.41) is 0.810. The zero-order valence-electron chi connectivity index (χ0n) is 17.1. The largest absolute Gasteiger partial charge is 0.399 e. The number of rotatable bonds is 4. The topological polar surface area (TPSA) is 79.8 Å². The number of nitrogens with two attached hydrogens (primary N) is 2. The molecule has 0 amide bonds. The Balaban J connectivity index is 1.98. The molecule has 0 fully saturated rings. The number of hydrogen-bond donors (Lipinski definition) is 2. The SMILES string of the molecule is CN(C)c1cc[n+](-c2c(Cl)c(-[n+]3ccc(N)cc3)nc(-[n+]3ccc(N)cc3)c2Cl)cc1. The minimum absolute atomic E-state index is 0.405. The molecule has 0 saturated heterocycles. The second-order valence-corrected chi connectivity index (χ2v) is 7.93. The summed E-state index contributed by atoms with van der Waals surface area (Å²) in [6, 6.07) is 11.1.